The van der Waals surface area contributed by atoms with Crippen molar-refractivity contribution in [2.45, 2.75) is 59.8 Å². The molecule has 0 fully saturated rings. The van der Waals surface area contributed by atoms with E-state index in [0.29, 0.717) is 0 Å². The van der Waals surface area contributed by atoms with Gasteiger partial charge in [0.05, 0.1) is 5.69 Å². The second kappa shape index (κ2) is 8.52. The maximum Gasteiger partial charge on any atom is 0.229 e. The molecule has 0 heterocycles. The Labute approximate surface area is 129 Å². The number of hydrogen-bond donors (Lipinski definition) is 1. The molecular formula is C19H27NO. The minimum Gasteiger partial charge on any atom is -0.325 e. The Balaban J connectivity index is 2.67. The van der Waals surface area contributed by atoms with Crippen LogP contribution in [0.3, 0.4) is 0 Å². The second-order valence-corrected chi connectivity index (χ2v) is 6.36. The third-order valence-electron chi connectivity index (χ3n) is 3.23. The molecule has 1 rings (SSSR count). The Morgan fingerprint density at radius 1 is 1.14 bits per heavy atom. The van der Waals surface area contributed by atoms with Gasteiger partial charge in [-0.05, 0) is 18.6 Å². The number of rotatable bonds is 5. The van der Waals surface area contributed by atoms with Crippen LogP contribution in [0.4, 0.5) is 5.69 Å². The number of hydrogen-bond acceptors (Lipinski definition) is 1. The van der Waals surface area contributed by atoms with Gasteiger partial charge >= 0.3 is 0 Å². The standard InChI is InChI=1S/C19H27NO/c1-5-6-7-8-9-10-13-16-14-11-12-15-17(16)20-18(21)19(2,3)4/h11-12,14-15H,5-9H2,1-4H3,(H,20,21). The van der Waals surface area contributed by atoms with Crippen molar-refractivity contribution >= 4 is 11.6 Å². The maximum atomic E-state index is 12.1. The Morgan fingerprint density at radius 3 is 2.52 bits per heavy atom. The molecular weight excluding hydrogens is 258 g/mol. The van der Waals surface area contributed by atoms with Crippen LogP contribution in [0.1, 0.15) is 65.4 Å². The highest BCUT2D eigenvalue weighted by Gasteiger charge is 2.21. The Kier molecular flexibility index (Phi) is 7.02. The molecule has 0 unspecified atom stereocenters. The summed E-state index contributed by atoms with van der Waals surface area (Å²) in [4.78, 5) is 12.1. The molecule has 0 radical (unpaired) electrons. The Morgan fingerprint density at radius 2 is 1.86 bits per heavy atom. The molecule has 1 amide bonds. The number of unbranched alkanes of at least 4 members (excludes halogenated alkanes) is 4. The van der Waals surface area contributed by atoms with E-state index in [-0.39, 0.29) is 5.91 Å². The smallest absolute Gasteiger partial charge is 0.229 e. The SMILES string of the molecule is CCCCCCC#Cc1ccccc1NC(=O)C(C)(C)C. The highest BCUT2D eigenvalue weighted by atomic mass is 16.2. The zero-order chi connectivity index (χ0) is 15.7. The fourth-order valence-corrected chi connectivity index (χ4v) is 1.81. The van der Waals surface area contributed by atoms with Crippen molar-refractivity contribution in [1.82, 2.24) is 0 Å². The fraction of sp³-hybridized carbons (Fsp3) is 0.526. The van der Waals surface area contributed by atoms with Crippen LogP contribution in [0.2, 0.25) is 0 Å². The summed E-state index contributed by atoms with van der Waals surface area (Å²) in [5.41, 5.74) is 1.30. The molecule has 1 aromatic carbocycles. The topological polar surface area (TPSA) is 29.1 Å². The number of carbonyl (C=O) groups is 1. The molecule has 21 heavy (non-hydrogen) atoms. The van der Waals surface area contributed by atoms with Gasteiger partial charge in [0, 0.05) is 17.4 Å². The summed E-state index contributed by atoms with van der Waals surface area (Å²) in [7, 11) is 0. The molecule has 1 aromatic rings. The van der Waals surface area contributed by atoms with Gasteiger partial charge in [-0.2, -0.15) is 0 Å². The summed E-state index contributed by atoms with van der Waals surface area (Å²) in [6.07, 6.45) is 5.83. The van der Waals surface area contributed by atoms with E-state index < -0.39 is 5.41 Å². The molecule has 0 saturated heterocycles. The lowest BCUT2D eigenvalue weighted by Crippen LogP contribution is -2.27. The van der Waals surface area contributed by atoms with Crippen LogP contribution in [0.15, 0.2) is 24.3 Å². The van der Waals surface area contributed by atoms with Gasteiger partial charge in [0.1, 0.15) is 0 Å². The van der Waals surface area contributed by atoms with Crippen molar-refractivity contribution < 1.29 is 4.79 Å². The first-order chi connectivity index (χ1) is 9.95. The number of benzene rings is 1. The average molecular weight is 285 g/mol. The number of nitrogens with one attached hydrogen (secondary N) is 1. The molecule has 0 bridgehead atoms. The number of carbonyl (C=O) groups excluding carboxylic acids is 1. The molecule has 0 atom stereocenters. The number of para-hydroxylation sites is 1. The predicted octanol–water partition coefficient (Wildman–Crippen LogP) is 4.99. The minimum atomic E-state index is -0.402. The summed E-state index contributed by atoms with van der Waals surface area (Å²) < 4.78 is 0. The Hall–Kier alpha value is -1.75. The maximum absolute atomic E-state index is 12.1. The molecule has 0 spiro atoms. The van der Waals surface area contributed by atoms with Crippen molar-refractivity contribution in [2.24, 2.45) is 5.41 Å². The van der Waals surface area contributed by atoms with Gasteiger partial charge in [0.2, 0.25) is 5.91 Å². The molecule has 2 nitrogen and oxygen atoms in total. The van der Waals surface area contributed by atoms with Crippen LogP contribution in [0, 0.1) is 17.3 Å². The fourth-order valence-electron chi connectivity index (χ4n) is 1.81. The van der Waals surface area contributed by atoms with Crippen molar-refractivity contribution in [1.29, 1.82) is 0 Å². The van der Waals surface area contributed by atoms with Crippen molar-refractivity contribution in [2.75, 3.05) is 5.32 Å². The van der Waals surface area contributed by atoms with Gasteiger partial charge in [-0.15, -0.1) is 0 Å². The van der Waals surface area contributed by atoms with Crippen molar-refractivity contribution in [3.8, 4) is 11.8 Å². The van der Waals surface area contributed by atoms with E-state index in [2.05, 4.69) is 24.1 Å². The summed E-state index contributed by atoms with van der Waals surface area (Å²) in [6, 6.07) is 7.74. The third-order valence-corrected chi connectivity index (χ3v) is 3.23. The van der Waals surface area contributed by atoms with Crippen LogP contribution in [-0.2, 0) is 4.79 Å². The van der Waals surface area contributed by atoms with Crippen LogP contribution >= 0.6 is 0 Å². The van der Waals surface area contributed by atoms with Crippen molar-refractivity contribution in [3.05, 3.63) is 29.8 Å². The van der Waals surface area contributed by atoms with Gasteiger partial charge in [0.15, 0.2) is 0 Å². The number of anilines is 1. The van der Waals surface area contributed by atoms with E-state index >= 15 is 0 Å². The van der Waals surface area contributed by atoms with Crippen LogP contribution in [0.5, 0.6) is 0 Å². The highest BCUT2D eigenvalue weighted by molar-refractivity contribution is 5.95. The van der Waals surface area contributed by atoms with E-state index in [4.69, 9.17) is 0 Å². The first kappa shape index (κ1) is 17.3. The largest absolute Gasteiger partial charge is 0.325 e. The van der Waals surface area contributed by atoms with Crippen LogP contribution in [-0.4, -0.2) is 5.91 Å². The first-order valence-corrected chi connectivity index (χ1v) is 7.84. The first-order valence-electron chi connectivity index (χ1n) is 7.84. The van der Waals surface area contributed by atoms with Gasteiger partial charge in [0.25, 0.3) is 0 Å². The third kappa shape index (κ3) is 6.49. The van der Waals surface area contributed by atoms with Crippen LogP contribution < -0.4 is 5.32 Å². The predicted molar refractivity (Wildman–Crippen MR) is 90.2 cm³/mol. The molecule has 0 aliphatic rings. The summed E-state index contributed by atoms with van der Waals surface area (Å²) >= 11 is 0. The lowest BCUT2D eigenvalue weighted by Gasteiger charge is -2.18. The summed E-state index contributed by atoms with van der Waals surface area (Å²) in [5.74, 6) is 6.41. The molecule has 0 aliphatic carbocycles. The number of amides is 1. The van der Waals surface area contributed by atoms with Crippen molar-refractivity contribution in [3.63, 3.8) is 0 Å². The van der Waals surface area contributed by atoms with E-state index in [1.807, 2.05) is 45.0 Å². The van der Waals surface area contributed by atoms with E-state index in [1.165, 1.54) is 19.3 Å². The Bertz CT molecular complexity index is 514. The van der Waals surface area contributed by atoms with Gasteiger partial charge in [-0.25, -0.2) is 0 Å². The molecule has 0 aliphatic heterocycles. The molecule has 1 N–H and O–H groups in total. The van der Waals surface area contributed by atoms with Gasteiger partial charge in [-0.3, -0.25) is 4.79 Å². The molecule has 0 aromatic heterocycles. The molecule has 0 saturated carbocycles. The van der Waals surface area contributed by atoms with E-state index in [1.54, 1.807) is 0 Å². The average Bonchev–Trinajstić information content (AvgIpc) is 2.43. The second-order valence-electron chi connectivity index (χ2n) is 6.36. The van der Waals surface area contributed by atoms with Gasteiger partial charge < -0.3 is 5.32 Å². The van der Waals surface area contributed by atoms with E-state index in [0.717, 1.165) is 24.1 Å². The van der Waals surface area contributed by atoms with E-state index in [9.17, 15) is 4.79 Å². The lowest BCUT2D eigenvalue weighted by atomic mass is 9.95. The monoisotopic (exact) mass is 285 g/mol. The normalized spacial score (nSPS) is 10.7. The zero-order valence-electron chi connectivity index (χ0n) is 13.8. The summed E-state index contributed by atoms with van der Waals surface area (Å²) in [5, 5.41) is 2.97. The lowest BCUT2D eigenvalue weighted by molar-refractivity contribution is -0.123. The quantitative estimate of drug-likeness (QED) is 0.599. The van der Waals surface area contributed by atoms with Gasteiger partial charge in [-0.1, -0.05) is 70.9 Å². The molecule has 2 heteroatoms. The highest BCUT2D eigenvalue weighted by Crippen LogP contribution is 2.19. The minimum absolute atomic E-state index is 0.0136. The molecule has 114 valence electrons. The van der Waals surface area contributed by atoms with Crippen LogP contribution in [0.25, 0.3) is 0 Å². The zero-order valence-corrected chi connectivity index (χ0v) is 13.8. The summed E-state index contributed by atoms with van der Waals surface area (Å²) in [6.45, 7) is 7.93.